The minimum Gasteiger partial charge on any atom is -0.426 e. The predicted molar refractivity (Wildman–Crippen MR) is 147 cm³/mol. The van der Waals surface area contributed by atoms with E-state index in [2.05, 4.69) is 26.0 Å². The molecular weight excluding hydrogens is 428 g/mol. The molecule has 0 aromatic heterocycles. The summed E-state index contributed by atoms with van der Waals surface area (Å²) in [5, 5.41) is 0. The lowest BCUT2D eigenvalue weighted by Gasteiger charge is -2.37. The monoisotopic (exact) mass is 480 g/mol. The van der Waals surface area contributed by atoms with Crippen LogP contribution in [-0.2, 0) is 4.79 Å². The van der Waals surface area contributed by atoms with Crippen molar-refractivity contribution in [1.29, 1.82) is 0 Å². The van der Waals surface area contributed by atoms with E-state index in [1.54, 1.807) is 0 Å². The second-order valence-electron chi connectivity index (χ2n) is 12.4. The van der Waals surface area contributed by atoms with Crippen LogP contribution < -0.4 is 4.74 Å². The minimum absolute atomic E-state index is 0.0101. The molecule has 1 aromatic carbocycles. The van der Waals surface area contributed by atoms with Crippen molar-refractivity contribution in [3.8, 4) is 5.75 Å². The maximum absolute atomic E-state index is 12.9. The topological polar surface area (TPSA) is 26.3 Å². The van der Waals surface area contributed by atoms with E-state index in [4.69, 9.17) is 4.74 Å². The molecular formula is C33H52O2. The standard InChI is InChI=1S/C33H52O2/c1-3-5-6-8-26-11-15-27(16-12-26)29-17-19-31(20-18-29)33(34)35-32-23-21-30(22-24-32)28-13-9-25(7-4-2)10-14-28/h21-29,31H,3-20H2,1-2H3/t25-,26-,27-,28-,29?,31?. The van der Waals surface area contributed by atoms with E-state index >= 15 is 0 Å². The molecule has 0 spiro atoms. The molecule has 3 aliphatic carbocycles. The fourth-order valence-electron chi connectivity index (χ4n) is 7.66. The Kier molecular flexibility index (Phi) is 10.6. The van der Waals surface area contributed by atoms with Gasteiger partial charge in [0.1, 0.15) is 5.75 Å². The summed E-state index contributed by atoms with van der Waals surface area (Å²) in [6, 6.07) is 8.50. The van der Waals surface area contributed by atoms with E-state index in [0.717, 1.165) is 42.3 Å². The Morgan fingerprint density at radius 2 is 1.26 bits per heavy atom. The number of carbonyl (C=O) groups is 1. The zero-order valence-electron chi connectivity index (χ0n) is 22.8. The van der Waals surface area contributed by atoms with E-state index in [9.17, 15) is 4.79 Å². The maximum Gasteiger partial charge on any atom is 0.314 e. The van der Waals surface area contributed by atoms with Gasteiger partial charge in [-0.2, -0.15) is 0 Å². The summed E-state index contributed by atoms with van der Waals surface area (Å²) in [6.45, 7) is 4.61. The van der Waals surface area contributed by atoms with Gasteiger partial charge in [0, 0.05) is 0 Å². The van der Waals surface area contributed by atoms with Crippen LogP contribution in [0.5, 0.6) is 5.75 Å². The van der Waals surface area contributed by atoms with Crippen molar-refractivity contribution >= 4 is 5.97 Å². The zero-order chi connectivity index (χ0) is 24.5. The first kappa shape index (κ1) is 26.7. The highest BCUT2D eigenvalue weighted by molar-refractivity contribution is 5.75. The van der Waals surface area contributed by atoms with E-state index in [1.165, 1.54) is 108 Å². The molecule has 3 aliphatic rings. The van der Waals surface area contributed by atoms with Crippen LogP contribution in [0, 0.1) is 29.6 Å². The van der Waals surface area contributed by atoms with Crippen LogP contribution in [-0.4, -0.2) is 5.97 Å². The highest BCUT2D eigenvalue weighted by Crippen LogP contribution is 2.43. The van der Waals surface area contributed by atoms with Crippen LogP contribution in [0.2, 0.25) is 0 Å². The Morgan fingerprint density at radius 3 is 1.86 bits per heavy atom. The molecule has 3 fully saturated rings. The summed E-state index contributed by atoms with van der Waals surface area (Å²) < 4.78 is 5.85. The molecule has 0 saturated heterocycles. The first-order valence-corrected chi connectivity index (χ1v) is 15.5. The molecule has 2 heteroatoms. The SMILES string of the molecule is CCCCC[C@H]1CC[C@H](C2CCC(C(=O)Oc3ccc([C@H]4CC[C@H](CCC)CC4)cc3)CC2)CC1. The molecule has 0 aliphatic heterocycles. The number of ether oxygens (including phenoxy) is 1. The molecule has 0 N–H and O–H groups in total. The van der Waals surface area contributed by atoms with Gasteiger partial charge in [0.25, 0.3) is 0 Å². The molecule has 0 atom stereocenters. The second kappa shape index (κ2) is 13.8. The first-order valence-electron chi connectivity index (χ1n) is 15.5. The van der Waals surface area contributed by atoms with Gasteiger partial charge in [-0.25, -0.2) is 0 Å². The molecule has 0 amide bonds. The molecule has 0 bridgehead atoms. The van der Waals surface area contributed by atoms with Crippen molar-refractivity contribution in [3.05, 3.63) is 29.8 Å². The Balaban J connectivity index is 1.16. The minimum atomic E-state index is 0.0101. The molecule has 196 valence electrons. The molecule has 3 saturated carbocycles. The van der Waals surface area contributed by atoms with Gasteiger partial charge in [-0.1, -0.05) is 77.3 Å². The Labute approximate surface area is 216 Å². The molecule has 0 radical (unpaired) electrons. The fraction of sp³-hybridized carbons (Fsp3) is 0.788. The van der Waals surface area contributed by atoms with Gasteiger partial charge in [-0.15, -0.1) is 0 Å². The van der Waals surface area contributed by atoms with Gasteiger partial charge < -0.3 is 4.74 Å². The number of hydrogen-bond donors (Lipinski definition) is 0. The normalized spacial score (nSPS) is 31.7. The average Bonchev–Trinajstić information content (AvgIpc) is 2.90. The molecule has 2 nitrogen and oxygen atoms in total. The van der Waals surface area contributed by atoms with Crippen LogP contribution in [0.3, 0.4) is 0 Å². The zero-order valence-corrected chi connectivity index (χ0v) is 22.8. The second-order valence-corrected chi connectivity index (χ2v) is 12.4. The molecule has 0 heterocycles. The number of benzene rings is 1. The molecule has 4 rings (SSSR count). The van der Waals surface area contributed by atoms with Crippen LogP contribution in [0.4, 0.5) is 0 Å². The molecule has 0 unspecified atom stereocenters. The van der Waals surface area contributed by atoms with Crippen molar-refractivity contribution in [2.75, 3.05) is 0 Å². The summed E-state index contributed by atoms with van der Waals surface area (Å²) >= 11 is 0. The first-order chi connectivity index (χ1) is 17.2. The van der Waals surface area contributed by atoms with Crippen molar-refractivity contribution in [2.45, 2.75) is 135 Å². The summed E-state index contributed by atoms with van der Waals surface area (Å²) in [5.74, 6) is 5.24. The average molecular weight is 481 g/mol. The van der Waals surface area contributed by atoms with Gasteiger partial charge in [0.2, 0.25) is 0 Å². The summed E-state index contributed by atoms with van der Waals surface area (Å²) in [7, 11) is 0. The van der Waals surface area contributed by atoms with Crippen LogP contribution in [0.1, 0.15) is 141 Å². The van der Waals surface area contributed by atoms with Crippen molar-refractivity contribution in [3.63, 3.8) is 0 Å². The largest absolute Gasteiger partial charge is 0.426 e. The quantitative estimate of drug-likeness (QED) is 0.189. The number of esters is 1. The lowest BCUT2D eigenvalue weighted by molar-refractivity contribution is -0.140. The summed E-state index contributed by atoms with van der Waals surface area (Å²) in [5.41, 5.74) is 1.43. The Hall–Kier alpha value is -1.31. The smallest absolute Gasteiger partial charge is 0.314 e. The Morgan fingerprint density at radius 1 is 0.686 bits per heavy atom. The number of hydrogen-bond acceptors (Lipinski definition) is 2. The molecule has 1 aromatic rings. The highest BCUT2D eigenvalue weighted by Gasteiger charge is 2.33. The van der Waals surface area contributed by atoms with Crippen molar-refractivity contribution in [1.82, 2.24) is 0 Å². The van der Waals surface area contributed by atoms with Gasteiger partial charge in [-0.05, 0) is 111 Å². The maximum atomic E-state index is 12.9. The number of rotatable bonds is 10. The molecule has 35 heavy (non-hydrogen) atoms. The van der Waals surface area contributed by atoms with Gasteiger partial charge in [0.15, 0.2) is 0 Å². The van der Waals surface area contributed by atoms with Gasteiger partial charge >= 0.3 is 5.97 Å². The lowest BCUT2D eigenvalue weighted by Crippen LogP contribution is -2.30. The highest BCUT2D eigenvalue weighted by atomic mass is 16.5. The van der Waals surface area contributed by atoms with Gasteiger partial charge in [0.05, 0.1) is 5.92 Å². The van der Waals surface area contributed by atoms with Crippen molar-refractivity contribution < 1.29 is 9.53 Å². The lowest BCUT2D eigenvalue weighted by atomic mass is 9.68. The van der Waals surface area contributed by atoms with Gasteiger partial charge in [-0.3, -0.25) is 4.79 Å². The van der Waals surface area contributed by atoms with Crippen LogP contribution in [0.25, 0.3) is 0 Å². The summed E-state index contributed by atoms with van der Waals surface area (Å²) in [4.78, 5) is 12.9. The van der Waals surface area contributed by atoms with E-state index in [-0.39, 0.29) is 11.9 Å². The fourth-order valence-corrected chi connectivity index (χ4v) is 7.66. The van der Waals surface area contributed by atoms with Crippen LogP contribution in [0.15, 0.2) is 24.3 Å². The number of carbonyl (C=O) groups excluding carboxylic acids is 1. The third-order valence-corrected chi connectivity index (χ3v) is 9.99. The number of unbranched alkanes of at least 4 members (excludes halogenated alkanes) is 2. The van der Waals surface area contributed by atoms with E-state index in [1.807, 2.05) is 12.1 Å². The van der Waals surface area contributed by atoms with Crippen LogP contribution >= 0.6 is 0 Å². The summed E-state index contributed by atoms with van der Waals surface area (Å²) in [6.07, 6.45) is 24.0. The third-order valence-electron chi connectivity index (χ3n) is 9.99. The van der Waals surface area contributed by atoms with Crippen molar-refractivity contribution in [2.24, 2.45) is 29.6 Å². The van der Waals surface area contributed by atoms with E-state index < -0.39 is 0 Å². The third kappa shape index (κ3) is 7.83. The predicted octanol–water partition coefficient (Wildman–Crippen LogP) is 9.86. The Bertz CT molecular complexity index is 729. The van der Waals surface area contributed by atoms with E-state index in [0.29, 0.717) is 5.92 Å².